The molecule has 4 N–H and O–H groups in total. The molecule has 0 radical (unpaired) electrons. The zero-order valence-electron chi connectivity index (χ0n) is 26.5. The van der Waals surface area contributed by atoms with E-state index in [2.05, 4.69) is 16.0 Å². The zero-order chi connectivity index (χ0) is 32.5. The Morgan fingerprint density at radius 3 is 1.73 bits per heavy atom. The summed E-state index contributed by atoms with van der Waals surface area (Å²) in [6.45, 7) is 5.99. The molecule has 3 unspecified atom stereocenters. The normalized spacial score (nSPS) is 13.2. The highest BCUT2D eigenvalue weighted by atomic mass is 16.6. The van der Waals surface area contributed by atoms with Crippen LogP contribution >= 0.6 is 0 Å². The molecular weight excluding hydrogens is 570 g/mol. The molecule has 3 rings (SSSR count). The van der Waals surface area contributed by atoms with Crippen LogP contribution in [0.2, 0.25) is 0 Å². The summed E-state index contributed by atoms with van der Waals surface area (Å²) >= 11 is 0. The van der Waals surface area contributed by atoms with Gasteiger partial charge in [-0.1, -0.05) is 97.4 Å². The van der Waals surface area contributed by atoms with Crippen molar-refractivity contribution in [2.24, 2.45) is 0 Å². The van der Waals surface area contributed by atoms with E-state index in [4.69, 9.17) is 9.47 Å². The number of hydrogen-bond acceptors (Lipinski definition) is 6. The van der Waals surface area contributed by atoms with Gasteiger partial charge in [-0.25, -0.2) is 9.59 Å². The Balaban J connectivity index is 1.55. The minimum atomic E-state index is -1.10. The van der Waals surface area contributed by atoms with Gasteiger partial charge in [0.25, 0.3) is 0 Å². The number of alkyl carbamates (subject to hydrolysis) is 2. The third-order valence-corrected chi connectivity index (χ3v) is 7.03. The predicted octanol–water partition coefficient (Wildman–Crippen LogP) is 5.70. The number of carbonyl (C=O) groups is 3. The lowest BCUT2D eigenvalue weighted by atomic mass is 9.92. The summed E-state index contributed by atoms with van der Waals surface area (Å²) in [7, 11) is 0. The van der Waals surface area contributed by atoms with Crippen LogP contribution in [0.25, 0.3) is 0 Å². The Labute approximate surface area is 266 Å². The first-order chi connectivity index (χ1) is 21.6. The first-order valence-electron chi connectivity index (χ1n) is 15.6. The summed E-state index contributed by atoms with van der Waals surface area (Å²) in [6, 6.07) is 27.3. The summed E-state index contributed by atoms with van der Waals surface area (Å²) in [5.74, 6) is -0.194. The molecule has 0 heterocycles. The Hall–Kier alpha value is -4.37. The maximum atomic E-state index is 13.1. The highest BCUT2D eigenvalue weighted by Crippen LogP contribution is 2.16. The number of nitrogens with one attached hydrogen (secondary N) is 3. The molecule has 0 fully saturated rings. The molecule has 0 spiro atoms. The van der Waals surface area contributed by atoms with Crippen molar-refractivity contribution < 1.29 is 29.0 Å². The van der Waals surface area contributed by atoms with Crippen molar-refractivity contribution >= 4 is 18.1 Å². The van der Waals surface area contributed by atoms with Crippen LogP contribution in [-0.2, 0) is 33.7 Å². The molecular formula is C36H47N3O6. The molecule has 45 heavy (non-hydrogen) atoms. The second-order valence-electron chi connectivity index (χ2n) is 12.1. The third-order valence-electron chi connectivity index (χ3n) is 7.03. The largest absolute Gasteiger partial charge is 0.445 e. The van der Waals surface area contributed by atoms with E-state index in [0.29, 0.717) is 32.2 Å². The van der Waals surface area contributed by atoms with Crippen molar-refractivity contribution in [1.82, 2.24) is 16.0 Å². The van der Waals surface area contributed by atoms with Crippen LogP contribution in [0.4, 0.5) is 9.59 Å². The van der Waals surface area contributed by atoms with E-state index in [1.165, 1.54) is 0 Å². The van der Waals surface area contributed by atoms with Gasteiger partial charge in [0.15, 0.2) is 0 Å². The second-order valence-corrected chi connectivity index (χ2v) is 12.1. The number of aliphatic hydroxyl groups is 1. The lowest BCUT2D eigenvalue weighted by Crippen LogP contribution is -2.56. The van der Waals surface area contributed by atoms with Gasteiger partial charge in [-0.05, 0) is 63.1 Å². The predicted molar refractivity (Wildman–Crippen MR) is 174 cm³/mol. The van der Waals surface area contributed by atoms with Gasteiger partial charge in [0.2, 0.25) is 5.91 Å². The summed E-state index contributed by atoms with van der Waals surface area (Å²) in [5, 5.41) is 20.3. The van der Waals surface area contributed by atoms with Crippen LogP contribution in [-0.4, -0.2) is 53.5 Å². The van der Waals surface area contributed by atoms with Crippen LogP contribution in [0.1, 0.15) is 63.1 Å². The average molecular weight is 618 g/mol. The maximum Gasteiger partial charge on any atom is 0.407 e. The van der Waals surface area contributed by atoms with E-state index in [0.717, 1.165) is 23.1 Å². The van der Waals surface area contributed by atoms with E-state index < -0.39 is 36.0 Å². The van der Waals surface area contributed by atoms with Gasteiger partial charge in [0.05, 0.1) is 18.2 Å². The van der Waals surface area contributed by atoms with Crippen molar-refractivity contribution in [2.45, 2.75) is 89.7 Å². The molecule has 9 nitrogen and oxygen atoms in total. The van der Waals surface area contributed by atoms with Crippen LogP contribution in [0.3, 0.4) is 0 Å². The Kier molecular flexibility index (Phi) is 14.4. The quantitative estimate of drug-likeness (QED) is 0.153. The van der Waals surface area contributed by atoms with Gasteiger partial charge >= 0.3 is 12.2 Å². The number of rotatable bonds is 16. The third kappa shape index (κ3) is 14.3. The summed E-state index contributed by atoms with van der Waals surface area (Å²) in [6.07, 6.45) is 0.826. The standard InChI is InChI=1S/C36H47N3O6/c1-36(2,3)45-35(43)39-31(25-28-18-10-5-11-19-28)33(41)30(24-27-16-8-4-9-17-27)38-32(40)22-14-7-15-23-37-34(42)44-26-29-20-12-6-13-21-29/h4-6,8-13,16-21,30-31,33,41H,7,14-15,22-26H2,1-3H3,(H,37,42)(H,38,40)(H,39,43). The molecule has 0 saturated heterocycles. The lowest BCUT2D eigenvalue weighted by molar-refractivity contribution is -0.122. The molecule has 0 aliphatic rings. The van der Waals surface area contributed by atoms with Crippen molar-refractivity contribution in [3.8, 4) is 0 Å². The van der Waals surface area contributed by atoms with E-state index in [1.807, 2.05) is 91.0 Å². The van der Waals surface area contributed by atoms with Gasteiger partial charge in [0, 0.05) is 13.0 Å². The lowest BCUT2D eigenvalue weighted by Gasteiger charge is -2.32. The average Bonchev–Trinajstić information content (AvgIpc) is 3.01. The molecule has 9 heteroatoms. The highest BCUT2D eigenvalue weighted by molar-refractivity contribution is 5.76. The van der Waals surface area contributed by atoms with Crippen molar-refractivity contribution in [2.75, 3.05) is 6.54 Å². The minimum absolute atomic E-state index is 0.194. The first-order valence-corrected chi connectivity index (χ1v) is 15.6. The van der Waals surface area contributed by atoms with Crippen LogP contribution in [0, 0.1) is 0 Å². The molecule has 3 atom stereocenters. The number of unbranched alkanes of at least 4 members (excludes halogenated alkanes) is 2. The number of ether oxygens (including phenoxy) is 2. The Morgan fingerprint density at radius 1 is 0.689 bits per heavy atom. The van der Waals surface area contributed by atoms with E-state index in [-0.39, 0.29) is 18.9 Å². The van der Waals surface area contributed by atoms with Gasteiger partial charge in [-0.3, -0.25) is 4.79 Å². The number of hydrogen-bond donors (Lipinski definition) is 4. The highest BCUT2D eigenvalue weighted by Gasteiger charge is 2.32. The molecule has 0 aliphatic carbocycles. The molecule has 242 valence electrons. The topological polar surface area (TPSA) is 126 Å². The molecule has 3 aromatic rings. The zero-order valence-corrected chi connectivity index (χ0v) is 26.5. The van der Waals surface area contributed by atoms with E-state index >= 15 is 0 Å². The van der Waals surface area contributed by atoms with E-state index in [9.17, 15) is 19.5 Å². The van der Waals surface area contributed by atoms with Crippen molar-refractivity contribution in [3.05, 3.63) is 108 Å². The maximum absolute atomic E-state index is 13.1. The van der Waals surface area contributed by atoms with Crippen LogP contribution in [0.5, 0.6) is 0 Å². The number of benzene rings is 3. The van der Waals surface area contributed by atoms with E-state index in [1.54, 1.807) is 20.8 Å². The summed E-state index contributed by atoms with van der Waals surface area (Å²) < 4.78 is 10.7. The van der Waals surface area contributed by atoms with Gasteiger partial charge in [0.1, 0.15) is 12.2 Å². The Morgan fingerprint density at radius 2 is 1.20 bits per heavy atom. The monoisotopic (exact) mass is 617 g/mol. The van der Waals surface area contributed by atoms with Gasteiger partial charge < -0.3 is 30.5 Å². The summed E-state index contributed by atoms with van der Waals surface area (Å²) in [4.78, 5) is 37.8. The number of amides is 3. The van der Waals surface area contributed by atoms with Crippen molar-refractivity contribution in [1.29, 1.82) is 0 Å². The van der Waals surface area contributed by atoms with Crippen LogP contribution < -0.4 is 16.0 Å². The minimum Gasteiger partial charge on any atom is -0.445 e. The molecule has 3 amide bonds. The first kappa shape index (κ1) is 35.1. The fourth-order valence-electron chi connectivity index (χ4n) is 4.82. The Bertz CT molecular complexity index is 1300. The fraction of sp³-hybridized carbons (Fsp3) is 0.417. The van der Waals surface area contributed by atoms with Gasteiger partial charge in [-0.15, -0.1) is 0 Å². The second kappa shape index (κ2) is 18.4. The molecule has 0 aromatic heterocycles. The van der Waals surface area contributed by atoms with Gasteiger partial charge in [-0.2, -0.15) is 0 Å². The SMILES string of the molecule is CC(C)(C)OC(=O)NC(Cc1ccccc1)C(O)C(Cc1ccccc1)NC(=O)CCCCCNC(=O)OCc1ccccc1. The van der Waals surface area contributed by atoms with Crippen LogP contribution in [0.15, 0.2) is 91.0 Å². The molecule has 0 bridgehead atoms. The molecule has 3 aromatic carbocycles. The fourth-order valence-corrected chi connectivity index (χ4v) is 4.82. The summed E-state index contributed by atoms with van der Waals surface area (Å²) in [5.41, 5.74) is 2.09. The molecule has 0 aliphatic heterocycles. The smallest absolute Gasteiger partial charge is 0.407 e. The number of aliphatic hydroxyl groups excluding tert-OH is 1. The molecule has 0 saturated carbocycles. The van der Waals surface area contributed by atoms with Crippen molar-refractivity contribution in [3.63, 3.8) is 0 Å². The number of carbonyl (C=O) groups excluding carboxylic acids is 3.